The molecule has 0 fully saturated rings. The fourth-order valence-corrected chi connectivity index (χ4v) is 2.72. The third kappa shape index (κ3) is 3.31. The van der Waals surface area contributed by atoms with Crippen molar-refractivity contribution >= 4 is 16.7 Å². The molecule has 0 saturated heterocycles. The average molecular weight is 306 g/mol. The van der Waals surface area contributed by atoms with E-state index in [0.717, 1.165) is 11.6 Å². The second-order valence-corrected chi connectivity index (χ2v) is 6.15. The molecule has 0 amide bonds. The van der Waals surface area contributed by atoms with Gasteiger partial charge in [-0.15, -0.1) is 0 Å². The number of aromatic nitrogens is 3. The smallest absolute Gasteiger partial charge is 0.226 e. The van der Waals surface area contributed by atoms with Crippen LogP contribution in [0.3, 0.4) is 0 Å². The highest BCUT2D eigenvalue weighted by Crippen LogP contribution is 2.26. The molecule has 4 nitrogen and oxygen atoms in total. The SMILES string of the molecule is Cc1nc(NC(C)c2cccc3ccccc23)nc(C(C)C)n1. The number of hydrogen-bond donors (Lipinski definition) is 1. The van der Waals surface area contributed by atoms with Gasteiger partial charge in [0.1, 0.15) is 11.6 Å². The molecule has 1 N–H and O–H groups in total. The molecule has 0 aliphatic rings. The molecule has 0 radical (unpaired) electrons. The molecule has 3 aromatic rings. The average Bonchev–Trinajstić information content (AvgIpc) is 2.53. The van der Waals surface area contributed by atoms with Crippen LogP contribution in [0.15, 0.2) is 42.5 Å². The van der Waals surface area contributed by atoms with Crippen molar-refractivity contribution in [3.8, 4) is 0 Å². The zero-order valence-electron chi connectivity index (χ0n) is 14.0. The summed E-state index contributed by atoms with van der Waals surface area (Å²) in [5.41, 5.74) is 1.24. The van der Waals surface area contributed by atoms with Crippen LogP contribution in [-0.4, -0.2) is 15.0 Å². The van der Waals surface area contributed by atoms with Crippen LogP contribution in [0.1, 0.15) is 49.9 Å². The first-order valence-electron chi connectivity index (χ1n) is 8.01. The molecule has 0 bridgehead atoms. The van der Waals surface area contributed by atoms with Gasteiger partial charge in [-0.25, -0.2) is 4.98 Å². The lowest BCUT2D eigenvalue weighted by Crippen LogP contribution is -2.13. The van der Waals surface area contributed by atoms with E-state index in [1.807, 2.05) is 6.92 Å². The fraction of sp³-hybridized carbons (Fsp3) is 0.316. The standard InChI is InChI=1S/C19H22N4/c1-12(2)18-21-14(4)22-19(23-18)20-13(3)16-11-7-9-15-8-5-6-10-17(15)16/h5-13H,1-4H3,(H,20,21,22,23). The number of nitrogens with zero attached hydrogens (tertiary/aromatic N) is 3. The summed E-state index contributed by atoms with van der Waals surface area (Å²) in [4.78, 5) is 13.4. The Kier molecular flexibility index (Phi) is 4.24. The number of hydrogen-bond acceptors (Lipinski definition) is 4. The van der Waals surface area contributed by atoms with Crippen molar-refractivity contribution in [2.75, 3.05) is 5.32 Å². The van der Waals surface area contributed by atoms with Crippen LogP contribution >= 0.6 is 0 Å². The van der Waals surface area contributed by atoms with Gasteiger partial charge in [-0.2, -0.15) is 9.97 Å². The number of anilines is 1. The normalized spacial score (nSPS) is 12.6. The van der Waals surface area contributed by atoms with Crippen LogP contribution in [0.2, 0.25) is 0 Å². The van der Waals surface area contributed by atoms with Crippen LogP contribution in [0, 0.1) is 6.92 Å². The van der Waals surface area contributed by atoms with Crippen molar-refractivity contribution in [3.05, 3.63) is 59.7 Å². The maximum absolute atomic E-state index is 4.55. The quantitative estimate of drug-likeness (QED) is 0.763. The van der Waals surface area contributed by atoms with E-state index in [-0.39, 0.29) is 12.0 Å². The second kappa shape index (κ2) is 6.32. The van der Waals surface area contributed by atoms with Crippen LogP contribution in [0.25, 0.3) is 10.8 Å². The Hall–Kier alpha value is -2.49. The van der Waals surface area contributed by atoms with Crippen LogP contribution in [0.4, 0.5) is 5.95 Å². The maximum Gasteiger partial charge on any atom is 0.226 e. The van der Waals surface area contributed by atoms with Gasteiger partial charge in [0.15, 0.2) is 0 Å². The maximum atomic E-state index is 4.55. The van der Waals surface area contributed by atoms with Crippen LogP contribution < -0.4 is 5.32 Å². The van der Waals surface area contributed by atoms with Crippen molar-refractivity contribution < 1.29 is 0 Å². The Morgan fingerprint density at radius 3 is 2.39 bits per heavy atom. The van der Waals surface area contributed by atoms with E-state index >= 15 is 0 Å². The summed E-state index contributed by atoms with van der Waals surface area (Å²) in [6, 6.07) is 14.9. The molecule has 0 saturated carbocycles. The molecule has 118 valence electrons. The zero-order valence-corrected chi connectivity index (χ0v) is 14.0. The Morgan fingerprint density at radius 2 is 1.61 bits per heavy atom. The number of aryl methyl sites for hydroxylation is 1. The topological polar surface area (TPSA) is 50.7 Å². The molecule has 1 unspecified atom stereocenters. The van der Waals surface area contributed by atoms with Gasteiger partial charge < -0.3 is 5.32 Å². The summed E-state index contributed by atoms with van der Waals surface area (Å²) in [5, 5.41) is 5.92. The highest BCUT2D eigenvalue weighted by atomic mass is 15.2. The summed E-state index contributed by atoms with van der Waals surface area (Å²) in [7, 11) is 0. The molecule has 2 aromatic carbocycles. The van der Waals surface area contributed by atoms with Gasteiger partial charge in [0.2, 0.25) is 5.95 Å². The van der Waals surface area contributed by atoms with E-state index in [0.29, 0.717) is 5.95 Å². The van der Waals surface area contributed by atoms with E-state index in [1.54, 1.807) is 0 Å². The van der Waals surface area contributed by atoms with E-state index in [9.17, 15) is 0 Å². The van der Waals surface area contributed by atoms with Crippen molar-refractivity contribution in [1.29, 1.82) is 0 Å². The second-order valence-electron chi connectivity index (χ2n) is 6.15. The van der Waals surface area contributed by atoms with E-state index < -0.39 is 0 Å². The summed E-state index contributed by atoms with van der Waals surface area (Å²) >= 11 is 0. The Morgan fingerprint density at radius 1 is 0.870 bits per heavy atom. The molecule has 23 heavy (non-hydrogen) atoms. The molecule has 3 rings (SSSR count). The molecule has 0 spiro atoms. The van der Waals surface area contributed by atoms with Crippen molar-refractivity contribution in [1.82, 2.24) is 15.0 Å². The predicted molar refractivity (Wildman–Crippen MR) is 94.6 cm³/mol. The first-order valence-corrected chi connectivity index (χ1v) is 8.01. The van der Waals surface area contributed by atoms with Gasteiger partial charge in [-0.1, -0.05) is 56.3 Å². The summed E-state index contributed by atoms with van der Waals surface area (Å²) < 4.78 is 0. The molecule has 0 aliphatic heterocycles. The van der Waals surface area contributed by atoms with Gasteiger partial charge in [-0.05, 0) is 30.2 Å². The molecular formula is C19H22N4. The highest BCUT2D eigenvalue weighted by Gasteiger charge is 2.13. The first-order chi connectivity index (χ1) is 11.0. The summed E-state index contributed by atoms with van der Waals surface area (Å²) in [5.74, 6) is 2.49. The van der Waals surface area contributed by atoms with Gasteiger partial charge in [0.05, 0.1) is 6.04 Å². The minimum atomic E-state index is 0.114. The minimum Gasteiger partial charge on any atom is -0.348 e. The van der Waals surface area contributed by atoms with Crippen molar-refractivity contribution in [2.24, 2.45) is 0 Å². The molecule has 0 aliphatic carbocycles. The zero-order chi connectivity index (χ0) is 16.4. The Bertz CT molecular complexity index is 821. The number of rotatable bonds is 4. The number of fused-ring (bicyclic) bond motifs is 1. The van der Waals surface area contributed by atoms with Gasteiger partial charge in [0.25, 0.3) is 0 Å². The fourth-order valence-electron chi connectivity index (χ4n) is 2.72. The Balaban J connectivity index is 1.93. The lowest BCUT2D eigenvalue weighted by molar-refractivity contribution is 0.740. The van der Waals surface area contributed by atoms with Gasteiger partial charge in [-0.3, -0.25) is 0 Å². The van der Waals surface area contributed by atoms with Gasteiger partial charge >= 0.3 is 0 Å². The molecule has 1 heterocycles. The molecule has 1 atom stereocenters. The van der Waals surface area contributed by atoms with Crippen molar-refractivity contribution in [2.45, 2.75) is 39.7 Å². The highest BCUT2D eigenvalue weighted by molar-refractivity contribution is 5.86. The van der Waals surface area contributed by atoms with E-state index in [4.69, 9.17) is 0 Å². The molecular weight excluding hydrogens is 284 g/mol. The third-order valence-electron chi connectivity index (χ3n) is 3.92. The Labute approximate surface area is 137 Å². The first kappa shape index (κ1) is 15.4. The third-order valence-corrected chi connectivity index (χ3v) is 3.92. The lowest BCUT2D eigenvalue weighted by Gasteiger charge is -2.17. The molecule has 1 aromatic heterocycles. The monoisotopic (exact) mass is 306 g/mol. The predicted octanol–water partition coefficient (Wildman–Crippen LogP) is 4.63. The molecule has 4 heteroatoms. The van der Waals surface area contributed by atoms with Crippen LogP contribution in [-0.2, 0) is 0 Å². The van der Waals surface area contributed by atoms with E-state index in [1.165, 1.54) is 16.3 Å². The summed E-state index contributed by atoms with van der Waals surface area (Å²) in [6.45, 7) is 8.22. The largest absolute Gasteiger partial charge is 0.348 e. The number of benzene rings is 2. The number of nitrogens with one attached hydrogen (secondary N) is 1. The summed E-state index contributed by atoms with van der Waals surface area (Å²) in [6.07, 6.45) is 0. The lowest BCUT2D eigenvalue weighted by atomic mass is 10.00. The minimum absolute atomic E-state index is 0.114. The van der Waals surface area contributed by atoms with E-state index in [2.05, 4.69) is 83.5 Å². The van der Waals surface area contributed by atoms with Crippen molar-refractivity contribution in [3.63, 3.8) is 0 Å². The van der Waals surface area contributed by atoms with Crippen LogP contribution in [0.5, 0.6) is 0 Å². The van der Waals surface area contributed by atoms with Gasteiger partial charge in [0, 0.05) is 5.92 Å².